The first-order valence-electron chi connectivity index (χ1n) is 9.54. The molecule has 1 spiro atoms. The monoisotopic (exact) mass is 345 g/mol. The summed E-state index contributed by atoms with van der Waals surface area (Å²) >= 11 is 0. The minimum Gasteiger partial charge on any atom is -0.390 e. The predicted octanol–water partition coefficient (Wildman–Crippen LogP) is 3.78. The number of aliphatic hydroxyl groups is 1. The number of amides is 1. The van der Waals surface area contributed by atoms with E-state index in [1.54, 1.807) is 12.1 Å². The van der Waals surface area contributed by atoms with E-state index < -0.39 is 5.60 Å². The molecular weight excluding hydrogens is 317 g/mol. The molecule has 2 saturated carbocycles. The summed E-state index contributed by atoms with van der Waals surface area (Å²) in [6.45, 7) is 5.51. The minimum absolute atomic E-state index is 0.0268. The van der Waals surface area contributed by atoms with E-state index in [0.29, 0.717) is 24.2 Å². The summed E-state index contributed by atoms with van der Waals surface area (Å²) in [5.74, 6) is 0.581. The van der Waals surface area contributed by atoms with Crippen LogP contribution in [-0.2, 0) is 4.79 Å². The second-order valence-corrected chi connectivity index (χ2v) is 9.13. The Morgan fingerprint density at radius 2 is 1.84 bits per heavy atom. The average Bonchev–Trinajstić information content (AvgIpc) is 2.48. The molecule has 1 aromatic rings. The van der Waals surface area contributed by atoms with Gasteiger partial charge in [-0.1, -0.05) is 6.07 Å². The first-order chi connectivity index (χ1) is 11.8. The molecule has 0 bridgehead atoms. The molecule has 1 saturated heterocycles. The van der Waals surface area contributed by atoms with E-state index in [4.69, 9.17) is 0 Å². The van der Waals surface area contributed by atoms with Crippen molar-refractivity contribution in [2.45, 2.75) is 63.9 Å². The molecule has 1 amide bonds. The second kappa shape index (κ2) is 5.80. The molecule has 1 aliphatic heterocycles. The molecular formula is C21H28FNO2. The van der Waals surface area contributed by atoms with E-state index in [2.05, 4.69) is 6.07 Å². The van der Waals surface area contributed by atoms with Gasteiger partial charge < -0.3 is 10.0 Å². The predicted molar refractivity (Wildman–Crippen MR) is 94.7 cm³/mol. The molecule has 1 aromatic carbocycles. The van der Waals surface area contributed by atoms with Crippen LogP contribution in [0.4, 0.5) is 4.39 Å². The average molecular weight is 345 g/mol. The smallest absolute Gasteiger partial charge is 0.225 e. The van der Waals surface area contributed by atoms with E-state index in [9.17, 15) is 14.3 Å². The largest absolute Gasteiger partial charge is 0.390 e. The molecule has 3 fully saturated rings. The van der Waals surface area contributed by atoms with Crippen LogP contribution in [0.1, 0.15) is 62.5 Å². The Labute approximate surface area is 149 Å². The summed E-state index contributed by atoms with van der Waals surface area (Å²) in [5, 5.41) is 9.83. The Hall–Kier alpha value is -1.42. The molecule has 1 N–H and O–H groups in total. The summed E-state index contributed by atoms with van der Waals surface area (Å²) in [7, 11) is 0. The van der Waals surface area contributed by atoms with Crippen molar-refractivity contribution in [3.8, 4) is 0 Å². The fourth-order valence-corrected chi connectivity index (χ4v) is 5.23. The van der Waals surface area contributed by atoms with Gasteiger partial charge in [-0.2, -0.15) is 0 Å². The van der Waals surface area contributed by atoms with Crippen LogP contribution in [0.25, 0.3) is 0 Å². The van der Waals surface area contributed by atoms with Crippen molar-refractivity contribution in [2.24, 2.45) is 11.3 Å². The zero-order valence-electron chi connectivity index (χ0n) is 15.2. The van der Waals surface area contributed by atoms with Gasteiger partial charge in [0.05, 0.1) is 5.60 Å². The van der Waals surface area contributed by atoms with Crippen LogP contribution in [0.5, 0.6) is 0 Å². The zero-order chi connectivity index (χ0) is 17.8. The van der Waals surface area contributed by atoms with Crippen LogP contribution in [0, 0.1) is 24.1 Å². The Balaban J connectivity index is 1.30. The van der Waals surface area contributed by atoms with Crippen molar-refractivity contribution >= 4 is 5.91 Å². The van der Waals surface area contributed by atoms with Crippen LogP contribution >= 0.6 is 0 Å². The van der Waals surface area contributed by atoms with Crippen LogP contribution in [0.15, 0.2) is 18.2 Å². The molecule has 136 valence electrons. The van der Waals surface area contributed by atoms with Crippen molar-refractivity contribution < 1.29 is 14.3 Å². The molecule has 3 nitrogen and oxygen atoms in total. The van der Waals surface area contributed by atoms with Gasteiger partial charge in [-0.05, 0) is 81.5 Å². The van der Waals surface area contributed by atoms with E-state index in [1.165, 1.54) is 0 Å². The lowest BCUT2D eigenvalue weighted by atomic mass is 9.63. The molecule has 0 atom stereocenters. The van der Waals surface area contributed by atoms with E-state index in [-0.39, 0.29) is 17.6 Å². The Kier molecular flexibility index (Phi) is 3.95. The Morgan fingerprint density at radius 1 is 1.20 bits per heavy atom. The molecule has 2 aliphatic carbocycles. The molecule has 0 aromatic heterocycles. The highest BCUT2D eigenvalue weighted by atomic mass is 19.1. The normalized spacial score (nSPS) is 31.5. The summed E-state index contributed by atoms with van der Waals surface area (Å²) in [6, 6.07) is 5.39. The number of carbonyl (C=O) groups excluding carboxylic acids is 1. The summed E-state index contributed by atoms with van der Waals surface area (Å²) in [6.07, 6.45) is 5.64. The molecule has 4 heteroatoms. The SMILES string of the molecule is Cc1cc(F)cc(C2CCC3(CC2)CN(C(=O)C2CC(C)(O)C2)C3)c1. The highest BCUT2D eigenvalue weighted by molar-refractivity contribution is 5.81. The number of hydrogen-bond acceptors (Lipinski definition) is 2. The van der Waals surface area contributed by atoms with E-state index in [0.717, 1.165) is 49.9 Å². The van der Waals surface area contributed by atoms with Gasteiger partial charge in [0.2, 0.25) is 5.91 Å². The van der Waals surface area contributed by atoms with Gasteiger partial charge in [-0.3, -0.25) is 4.79 Å². The standard InChI is InChI=1S/C21H28FNO2/c1-14-7-16(9-18(22)8-14)15-3-5-21(6-4-15)12-23(13-21)19(24)17-10-20(2,25)11-17/h7-9,15,17,25H,3-6,10-13H2,1-2H3. The van der Waals surface area contributed by atoms with Crippen molar-refractivity contribution in [3.63, 3.8) is 0 Å². The Bertz CT molecular complexity index is 655. The van der Waals surface area contributed by atoms with Gasteiger partial charge >= 0.3 is 0 Å². The zero-order valence-corrected chi connectivity index (χ0v) is 15.2. The number of hydrogen-bond donors (Lipinski definition) is 1. The molecule has 25 heavy (non-hydrogen) atoms. The first kappa shape index (κ1) is 17.0. The minimum atomic E-state index is -0.635. The fourth-order valence-electron chi connectivity index (χ4n) is 5.23. The molecule has 0 radical (unpaired) electrons. The van der Waals surface area contributed by atoms with Gasteiger partial charge in [0.25, 0.3) is 0 Å². The third-order valence-electron chi connectivity index (χ3n) is 6.67. The van der Waals surface area contributed by atoms with Crippen LogP contribution in [0.3, 0.4) is 0 Å². The number of benzene rings is 1. The number of carbonyl (C=O) groups is 1. The summed E-state index contributed by atoms with van der Waals surface area (Å²) < 4.78 is 13.7. The fraction of sp³-hybridized carbons (Fsp3) is 0.667. The number of rotatable bonds is 2. The van der Waals surface area contributed by atoms with Crippen molar-refractivity contribution in [2.75, 3.05) is 13.1 Å². The maximum absolute atomic E-state index is 13.7. The third-order valence-corrected chi connectivity index (χ3v) is 6.67. The van der Waals surface area contributed by atoms with Crippen molar-refractivity contribution in [1.29, 1.82) is 0 Å². The lowest BCUT2D eigenvalue weighted by molar-refractivity contribution is -0.163. The molecule has 1 heterocycles. The molecule has 4 rings (SSSR count). The molecule has 0 unspecified atom stereocenters. The topological polar surface area (TPSA) is 40.5 Å². The highest BCUT2D eigenvalue weighted by Gasteiger charge is 2.51. The summed E-state index contributed by atoms with van der Waals surface area (Å²) in [4.78, 5) is 14.4. The van der Waals surface area contributed by atoms with E-state index >= 15 is 0 Å². The van der Waals surface area contributed by atoms with Gasteiger partial charge in [0.1, 0.15) is 5.82 Å². The second-order valence-electron chi connectivity index (χ2n) is 9.13. The number of likely N-dealkylation sites (tertiary alicyclic amines) is 1. The van der Waals surface area contributed by atoms with Crippen LogP contribution in [-0.4, -0.2) is 34.6 Å². The summed E-state index contributed by atoms with van der Waals surface area (Å²) in [5.41, 5.74) is 1.79. The lowest BCUT2D eigenvalue weighted by Crippen LogP contribution is -2.62. The van der Waals surface area contributed by atoms with Gasteiger partial charge in [0.15, 0.2) is 0 Å². The molecule has 3 aliphatic rings. The maximum Gasteiger partial charge on any atom is 0.225 e. The number of aryl methyl sites for hydroxylation is 1. The number of halogens is 1. The third kappa shape index (κ3) is 3.21. The van der Waals surface area contributed by atoms with Crippen LogP contribution in [0.2, 0.25) is 0 Å². The number of nitrogens with zero attached hydrogens (tertiary/aromatic N) is 1. The van der Waals surface area contributed by atoms with Gasteiger partial charge in [0, 0.05) is 24.4 Å². The Morgan fingerprint density at radius 3 is 2.40 bits per heavy atom. The first-order valence-corrected chi connectivity index (χ1v) is 9.54. The van der Waals surface area contributed by atoms with Crippen molar-refractivity contribution in [3.05, 3.63) is 35.1 Å². The lowest BCUT2D eigenvalue weighted by Gasteiger charge is -2.55. The van der Waals surface area contributed by atoms with Crippen molar-refractivity contribution in [1.82, 2.24) is 4.90 Å². The highest BCUT2D eigenvalue weighted by Crippen LogP contribution is 2.50. The maximum atomic E-state index is 13.7. The van der Waals surface area contributed by atoms with Gasteiger partial charge in [-0.25, -0.2) is 4.39 Å². The quantitative estimate of drug-likeness (QED) is 0.886. The van der Waals surface area contributed by atoms with E-state index in [1.807, 2.05) is 18.7 Å². The van der Waals surface area contributed by atoms with Gasteiger partial charge in [-0.15, -0.1) is 0 Å². The van der Waals surface area contributed by atoms with Crippen LogP contribution < -0.4 is 0 Å².